The Morgan fingerprint density at radius 3 is 2.76 bits per heavy atom. The molecule has 1 aromatic rings. The van der Waals surface area contributed by atoms with Crippen molar-refractivity contribution in [2.75, 3.05) is 13.2 Å². The van der Waals surface area contributed by atoms with Gasteiger partial charge in [0.2, 0.25) is 0 Å². The molecule has 96 valence electrons. The van der Waals surface area contributed by atoms with Crippen molar-refractivity contribution in [3.8, 4) is 0 Å². The predicted octanol–water partition coefficient (Wildman–Crippen LogP) is 1.70. The van der Waals surface area contributed by atoms with Crippen LogP contribution >= 0.6 is 0 Å². The average Bonchev–Trinajstić information content (AvgIpc) is 2.79. The van der Waals surface area contributed by atoms with Gasteiger partial charge in [0.15, 0.2) is 0 Å². The molecule has 0 aromatic carbocycles. The van der Waals surface area contributed by atoms with Gasteiger partial charge >= 0.3 is 0 Å². The number of aromatic nitrogens is 2. The van der Waals surface area contributed by atoms with Crippen LogP contribution in [0.4, 0.5) is 0 Å². The number of ether oxygens (including phenoxy) is 1. The van der Waals surface area contributed by atoms with E-state index in [2.05, 4.69) is 31.2 Å². The highest BCUT2D eigenvalue weighted by Crippen LogP contribution is 2.24. The molecule has 1 fully saturated rings. The first-order chi connectivity index (χ1) is 8.02. The van der Waals surface area contributed by atoms with Crippen LogP contribution in [-0.2, 0) is 18.3 Å². The summed E-state index contributed by atoms with van der Waals surface area (Å²) in [6.45, 7) is 9.08. The minimum atomic E-state index is 0.0318. The SMILES string of the molecule is Cc1nn(C)c(C)c1CNCC1(C)CCCO1. The van der Waals surface area contributed by atoms with Gasteiger partial charge in [-0.1, -0.05) is 0 Å². The molecule has 4 heteroatoms. The molecule has 0 radical (unpaired) electrons. The van der Waals surface area contributed by atoms with Crippen LogP contribution in [0, 0.1) is 13.8 Å². The van der Waals surface area contributed by atoms with E-state index in [1.165, 1.54) is 17.7 Å². The van der Waals surface area contributed by atoms with Crippen LogP contribution in [0.15, 0.2) is 0 Å². The van der Waals surface area contributed by atoms with Crippen molar-refractivity contribution in [1.29, 1.82) is 0 Å². The van der Waals surface area contributed by atoms with Gasteiger partial charge in [0.1, 0.15) is 0 Å². The molecule has 4 nitrogen and oxygen atoms in total. The molecule has 2 heterocycles. The molecule has 1 saturated heterocycles. The summed E-state index contributed by atoms with van der Waals surface area (Å²) in [4.78, 5) is 0. The maximum Gasteiger partial charge on any atom is 0.0779 e. The number of hydrogen-bond donors (Lipinski definition) is 1. The first-order valence-electron chi connectivity index (χ1n) is 6.35. The van der Waals surface area contributed by atoms with Crippen LogP contribution in [0.2, 0.25) is 0 Å². The lowest BCUT2D eigenvalue weighted by atomic mass is 10.0. The van der Waals surface area contributed by atoms with E-state index in [1.807, 2.05) is 11.7 Å². The number of aryl methyl sites for hydroxylation is 2. The Morgan fingerprint density at radius 1 is 1.47 bits per heavy atom. The lowest BCUT2D eigenvalue weighted by molar-refractivity contribution is 0.0206. The molecule has 17 heavy (non-hydrogen) atoms. The molecule has 1 atom stereocenters. The standard InChI is InChI=1S/C13H23N3O/c1-10-12(11(2)16(4)15-10)8-14-9-13(3)6-5-7-17-13/h14H,5-9H2,1-4H3. The maximum absolute atomic E-state index is 5.76. The lowest BCUT2D eigenvalue weighted by Gasteiger charge is -2.23. The first kappa shape index (κ1) is 12.6. The molecule has 0 bridgehead atoms. The minimum Gasteiger partial charge on any atom is -0.374 e. The molecule has 0 saturated carbocycles. The highest BCUT2D eigenvalue weighted by molar-refractivity contribution is 5.24. The van der Waals surface area contributed by atoms with E-state index in [9.17, 15) is 0 Å². The van der Waals surface area contributed by atoms with Gasteiger partial charge in [0, 0.05) is 38.0 Å². The number of hydrogen-bond acceptors (Lipinski definition) is 3. The Balaban J connectivity index is 1.89. The van der Waals surface area contributed by atoms with Crippen molar-refractivity contribution in [3.05, 3.63) is 17.0 Å². The summed E-state index contributed by atoms with van der Waals surface area (Å²) in [6, 6.07) is 0. The van der Waals surface area contributed by atoms with E-state index in [0.717, 1.165) is 31.8 Å². The van der Waals surface area contributed by atoms with Gasteiger partial charge in [-0.05, 0) is 33.6 Å². The predicted molar refractivity (Wildman–Crippen MR) is 68.0 cm³/mol. The zero-order valence-electron chi connectivity index (χ0n) is 11.3. The van der Waals surface area contributed by atoms with E-state index in [4.69, 9.17) is 4.74 Å². The van der Waals surface area contributed by atoms with Crippen molar-refractivity contribution in [2.45, 2.75) is 45.8 Å². The van der Waals surface area contributed by atoms with Gasteiger partial charge in [0.05, 0.1) is 11.3 Å². The summed E-state index contributed by atoms with van der Waals surface area (Å²) in [5.74, 6) is 0. The second-order valence-corrected chi connectivity index (χ2v) is 5.28. The fourth-order valence-electron chi connectivity index (χ4n) is 2.50. The normalized spacial score (nSPS) is 24.5. The summed E-state index contributed by atoms with van der Waals surface area (Å²) < 4.78 is 7.71. The van der Waals surface area contributed by atoms with E-state index >= 15 is 0 Å². The molecule has 1 aliphatic rings. The minimum absolute atomic E-state index is 0.0318. The number of nitrogens with zero attached hydrogens (tertiary/aromatic N) is 2. The Labute approximate surface area is 103 Å². The zero-order chi connectivity index (χ0) is 12.5. The van der Waals surface area contributed by atoms with E-state index in [1.54, 1.807) is 0 Å². The Hall–Kier alpha value is -0.870. The van der Waals surface area contributed by atoms with Gasteiger partial charge in [-0.2, -0.15) is 5.10 Å². The topological polar surface area (TPSA) is 39.1 Å². The molecule has 1 aromatic heterocycles. The smallest absolute Gasteiger partial charge is 0.0779 e. The summed E-state index contributed by atoms with van der Waals surface area (Å²) >= 11 is 0. The molecule has 0 aliphatic carbocycles. The monoisotopic (exact) mass is 237 g/mol. The van der Waals surface area contributed by atoms with Crippen molar-refractivity contribution in [3.63, 3.8) is 0 Å². The first-order valence-corrected chi connectivity index (χ1v) is 6.35. The molecular weight excluding hydrogens is 214 g/mol. The Kier molecular flexibility index (Phi) is 3.54. The van der Waals surface area contributed by atoms with Crippen LogP contribution < -0.4 is 5.32 Å². The Morgan fingerprint density at radius 2 is 2.24 bits per heavy atom. The van der Waals surface area contributed by atoms with Crippen molar-refractivity contribution < 1.29 is 4.74 Å². The van der Waals surface area contributed by atoms with E-state index in [-0.39, 0.29) is 5.60 Å². The quantitative estimate of drug-likeness (QED) is 0.866. The highest BCUT2D eigenvalue weighted by atomic mass is 16.5. The molecule has 1 aliphatic heterocycles. The van der Waals surface area contributed by atoms with Gasteiger partial charge in [0.25, 0.3) is 0 Å². The van der Waals surface area contributed by atoms with Gasteiger partial charge in [-0.3, -0.25) is 4.68 Å². The summed E-state index contributed by atoms with van der Waals surface area (Å²) in [7, 11) is 1.99. The second kappa shape index (κ2) is 4.78. The zero-order valence-corrected chi connectivity index (χ0v) is 11.3. The summed E-state index contributed by atoms with van der Waals surface area (Å²) in [5.41, 5.74) is 3.71. The number of nitrogens with one attached hydrogen (secondary N) is 1. The molecule has 1 N–H and O–H groups in total. The number of rotatable bonds is 4. The third-order valence-corrected chi connectivity index (χ3v) is 3.76. The molecule has 0 amide bonds. The average molecular weight is 237 g/mol. The van der Waals surface area contributed by atoms with Crippen LogP contribution in [0.3, 0.4) is 0 Å². The van der Waals surface area contributed by atoms with Crippen LogP contribution in [0.5, 0.6) is 0 Å². The fraction of sp³-hybridized carbons (Fsp3) is 0.769. The van der Waals surface area contributed by atoms with Crippen LogP contribution in [0.1, 0.15) is 36.7 Å². The highest BCUT2D eigenvalue weighted by Gasteiger charge is 2.29. The molecular formula is C13H23N3O. The van der Waals surface area contributed by atoms with E-state index in [0.29, 0.717) is 0 Å². The third kappa shape index (κ3) is 2.69. The summed E-state index contributed by atoms with van der Waals surface area (Å²) in [6.07, 6.45) is 2.34. The van der Waals surface area contributed by atoms with Gasteiger partial charge in [-0.25, -0.2) is 0 Å². The van der Waals surface area contributed by atoms with Gasteiger partial charge in [-0.15, -0.1) is 0 Å². The van der Waals surface area contributed by atoms with Crippen molar-refractivity contribution in [2.24, 2.45) is 7.05 Å². The Bertz CT molecular complexity index is 392. The van der Waals surface area contributed by atoms with Crippen molar-refractivity contribution in [1.82, 2.24) is 15.1 Å². The largest absolute Gasteiger partial charge is 0.374 e. The second-order valence-electron chi connectivity index (χ2n) is 5.28. The third-order valence-electron chi connectivity index (χ3n) is 3.76. The molecule has 1 unspecified atom stereocenters. The summed E-state index contributed by atoms with van der Waals surface area (Å²) in [5, 5.41) is 7.92. The fourth-order valence-corrected chi connectivity index (χ4v) is 2.50. The van der Waals surface area contributed by atoms with E-state index < -0.39 is 0 Å². The van der Waals surface area contributed by atoms with Crippen LogP contribution in [-0.4, -0.2) is 28.5 Å². The molecule has 2 rings (SSSR count). The maximum atomic E-state index is 5.76. The van der Waals surface area contributed by atoms with Crippen molar-refractivity contribution >= 4 is 0 Å². The lowest BCUT2D eigenvalue weighted by Crippen LogP contribution is -2.36. The molecule has 0 spiro atoms. The van der Waals surface area contributed by atoms with Gasteiger partial charge < -0.3 is 10.1 Å². The van der Waals surface area contributed by atoms with Crippen LogP contribution in [0.25, 0.3) is 0 Å².